The van der Waals surface area contributed by atoms with E-state index in [1.807, 2.05) is 11.9 Å². The van der Waals surface area contributed by atoms with E-state index in [9.17, 15) is 23.1 Å². The number of hydrogen-bond donors (Lipinski definition) is 1. The van der Waals surface area contributed by atoms with Crippen LogP contribution in [0.4, 0.5) is 13.2 Å². The zero-order valence-corrected chi connectivity index (χ0v) is 19.5. The van der Waals surface area contributed by atoms with E-state index in [2.05, 4.69) is 0 Å². The summed E-state index contributed by atoms with van der Waals surface area (Å²) in [5.41, 5.74) is -0.923. The molecule has 1 fully saturated rings. The summed E-state index contributed by atoms with van der Waals surface area (Å²) in [6.07, 6.45) is -4.03. The number of alkyl halides is 3. The Bertz CT molecular complexity index is 1290. The molecular weight excluding hydrogens is 475 g/mol. The molecule has 2 heterocycles. The molecule has 6 nitrogen and oxygen atoms in total. The molecule has 2 unspecified atom stereocenters. The highest BCUT2D eigenvalue weighted by atomic mass is 35.5. The lowest BCUT2D eigenvalue weighted by Gasteiger charge is -2.25. The van der Waals surface area contributed by atoms with Crippen molar-refractivity contribution in [3.63, 3.8) is 0 Å². The molecule has 10 heteroatoms. The van der Waals surface area contributed by atoms with Gasteiger partial charge in [0.2, 0.25) is 0 Å². The molecule has 0 amide bonds. The molecule has 0 aliphatic carbocycles. The second kappa shape index (κ2) is 9.13. The van der Waals surface area contributed by atoms with Crippen molar-refractivity contribution in [2.75, 3.05) is 34.4 Å². The molecule has 4 rings (SSSR count). The quantitative estimate of drug-likeness (QED) is 0.539. The Balaban J connectivity index is 2.06. The number of likely N-dealkylation sites (N-methyl/N-ethyl adjacent to an activating group) is 1. The predicted molar refractivity (Wildman–Crippen MR) is 122 cm³/mol. The zero-order valence-electron chi connectivity index (χ0n) is 18.7. The van der Waals surface area contributed by atoms with Gasteiger partial charge in [0.1, 0.15) is 28.2 Å². The van der Waals surface area contributed by atoms with Gasteiger partial charge in [0.15, 0.2) is 5.43 Å². The second-order valence-corrected chi connectivity index (χ2v) is 8.54. The third-order valence-electron chi connectivity index (χ3n) is 6.36. The highest BCUT2D eigenvalue weighted by Gasteiger charge is 2.38. The fourth-order valence-corrected chi connectivity index (χ4v) is 4.99. The second-order valence-electron chi connectivity index (χ2n) is 8.16. The number of nitrogens with zero attached hydrogens (tertiary/aromatic N) is 1. The fourth-order valence-electron chi connectivity index (χ4n) is 4.66. The van der Waals surface area contributed by atoms with Gasteiger partial charge in [0, 0.05) is 35.2 Å². The maximum Gasteiger partial charge on any atom is 0.417 e. The molecule has 2 atom stereocenters. The van der Waals surface area contributed by atoms with E-state index in [0.717, 1.165) is 12.1 Å². The zero-order chi connectivity index (χ0) is 24.8. The van der Waals surface area contributed by atoms with Crippen molar-refractivity contribution in [1.29, 1.82) is 0 Å². The summed E-state index contributed by atoms with van der Waals surface area (Å²) in [5.74, 6) is 0.224. The Morgan fingerprint density at radius 2 is 1.91 bits per heavy atom. The number of likely N-dealkylation sites (tertiary alicyclic amines) is 1. The molecule has 3 aromatic rings. The predicted octanol–water partition coefficient (Wildman–Crippen LogP) is 4.93. The molecule has 2 aromatic carbocycles. The van der Waals surface area contributed by atoms with E-state index >= 15 is 0 Å². The van der Waals surface area contributed by atoms with E-state index in [-0.39, 0.29) is 46.6 Å². The van der Waals surface area contributed by atoms with Crippen molar-refractivity contribution in [2.24, 2.45) is 0 Å². The van der Waals surface area contributed by atoms with E-state index in [0.29, 0.717) is 24.3 Å². The lowest BCUT2D eigenvalue weighted by Crippen LogP contribution is -2.32. The normalized spacial score (nSPS) is 19.1. The van der Waals surface area contributed by atoms with Crippen LogP contribution in [0.5, 0.6) is 11.5 Å². The van der Waals surface area contributed by atoms with Crippen molar-refractivity contribution in [3.05, 3.63) is 56.7 Å². The smallest absolute Gasteiger partial charge is 0.417 e. The summed E-state index contributed by atoms with van der Waals surface area (Å²) in [4.78, 5) is 15.2. The monoisotopic (exact) mass is 497 g/mol. The molecule has 0 saturated carbocycles. The molecule has 1 aromatic heterocycles. The largest absolute Gasteiger partial charge is 0.496 e. The number of aliphatic hydroxyl groups is 1. The summed E-state index contributed by atoms with van der Waals surface area (Å²) >= 11 is 6.11. The average molecular weight is 498 g/mol. The van der Waals surface area contributed by atoms with Gasteiger partial charge in [0.05, 0.1) is 31.4 Å². The minimum absolute atomic E-state index is 0.0644. The van der Waals surface area contributed by atoms with Gasteiger partial charge in [-0.1, -0.05) is 17.7 Å². The maximum absolute atomic E-state index is 13.4. The van der Waals surface area contributed by atoms with Crippen LogP contribution in [0.25, 0.3) is 22.3 Å². The van der Waals surface area contributed by atoms with Gasteiger partial charge in [-0.05, 0) is 32.1 Å². The lowest BCUT2D eigenvalue weighted by atomic mass is 9.89. The van der Waals surface area contributed by atoms with E-state index in [4.69, 9.17) is 25.5 Å². The molecule has 182 valence electrons. The molecule has 1 aliphatic heterocycles. The van der Waals surface area contributed by atoms with Gasteiger partial charge >= 0.3 is 6.18 Å². The summed E-state index contributed by atoms with van der Waals surface area (Å²) < 4.78 is 57.4. The van der Waals surface area contributed by atoms with Gasteiger partial charge < -0.3 is 23.9 Å². The van der Waals surface area contributed by atoms with E-state index < -0.39 is 22.2 Å². The Labute approximate surface area is 198 Å². The van der Waals surface area contributed by atoms with Crippen molar-refractivity contribution in [2.45, 2.75) is 24.6 Å². The minimum Gasteiger partial charge on any atom is -0.496 e. The Morgan fingerprint density at radius 3 is 2.53 bits per heavy atom. The van der Waals surface area contributed by atoms with Crippen molar-refractivity contribution >= 4 is 22.6 Å². The molecule has 0 bridgehead atoms. The third-order valence-corrected chi connectivity index (χ3v) is 6.76. The average Bonchev–Trinajstić information content (AvgIpc) is 3.16. The minimum atomic E-state index is -4.68. The van der Waals surface area contributed by atoms with Crippen molar-refractivity contribution < 1.29 is 32.2 Å². The highest BCUT2D eigenvalue weighted by molar-refractivity contribution is 6.34. The SMILES string of the molecule is COc1cc(OC)c2c(=O)cc(-c3cccc(C(F)(F)F)c3Cl)oc2c1C1CCN(C)C1CO. The van der Waals surface area contributed by atoms with Crippen molar-refractivity contribution in [1.82, 2.24) is 4.90 Å². The van der Waals surface area contributed by atoms with Crippen LogP contribution in [0.15, 0.2) is 39.5 Å². The Morgan fingerprint density at radius 1 is 1.21 bits per heavy atom. The summed E-state index contributed by atoms with van der Waals surface area (Å²) in [7, 11) is 4.73. The molecule has 34 heavy (non-hydrogen) atoms. The van der Waals surface area contributed by atoms with Crippen LogP contribution in [0.1, 0.15) is 23.5 Å². The molecule has 1 N–H and O–H groups in total. The van der Waals surface area contributed by atoms with Gasteiger partial charge in [0.25, 0.3) is 0 Å². The molecular formula is C24H23ClF3NO5. The molecule has 1 saturated heterocycles. The number of benzene rings is 2. The van der Waals surface area contributed by atoms with Crippen LogP contribution in [-0.2, 0) is 6.18 Å². The van der Waals surface area contributed by atoms with E-state index in [1.165, 1.54) is 26.4 Å². The Kier molecular flexibility index (Phi) is 6.54. The first-order valence-electron chi connectivity index (χ1n) is 10.5. The molecule has 1 aliphatic rings. The summed E-state index contributed by atoms with van der Waals surface area (Å²) in [6, 6.07) is 5.85. The number of methoxy groups -OCH3 is 2. The number of hydrogen-bond acceptors (Lipinski definition) is 6. The van der Waals surface area contributed by atoms with Gasteiger partial charge in [-0.15, -0.1) is 0 Å². The van der Waals surface area contributed by atoms with E-state index in [1.54, 1.807) is 6.07 Å². The first-order valence-corrected chi connectivity index (χ1v) is 10.9. The van der Waals surface area contributed by atoms with Crippen LogP contribution >= 0.6 is 11.6 Å². The summed E-state index contributed by atoms with van der Waals surface area (Å²) in [5, 5.41) is 9.58. The number of fused-ring (bicyclic) bond motifs is 1. The van der Waals surface area contributed by atoms with Crippen molar-refractivity contribution in [3.8, 4) is 22.8 Å². The number of ether oxygens (including phenoxy) is 2. The fraction of sp³-hybridized carbons (Fsp3) is 0.375. The highest BCUT2D eigenvalue weighted by Crippen LogP contribution is 2.46. The number of rotatable bonds is 5. The number of aliphatic hydroxyl groups excluding tert-OH is 1. The first kappa shape index (κ1) is 24.4. The summed E-state index contributed by atoms with van der Waals surface area (Å²) in [6.45, 7) is 0.553. The van der Waals surface area contributed by atoms with Crippen LogP contribution in [0.3, 0.4) is 0 Å². The third kappa shape index (κ3) is 4.01. The molecule has 0 spiro atoms. The molecule has 0 radical (unpaired) electrons. The lowest BCUT2D eigenvalue weighted by molar-refractivity contribution is -0.137. The van der Waals surface area contributed by atoms with Crippen LogP contribution in [0, 0.1) is 0 Å². The maximum atomic E-state index is 13.4. The van der Waals surface area contributed by atoms with Gasteiger partial charge in [-0.2, -0.15) is 13.2 Å². The number of halogens is 4. The van der Waals surface area contributed by atoms with Gasteiger partial charge in [-0.25, -0.2) is 0 Å². The van der Waals surface area contributed by atoms with Crippen LogP contribution in [-0.4, -0.2) is 50.5 Å². The first-order chi connectivity index (χ1) is 16.1. The van der Waals surface area contributed by atoms with Crippen LogP contribution in [0.2, 0.25) is 5.02 Å². The van der Waals surface area contributed by atoms with Crippen LogP contribution < -0.4 is 14.9 Å². The standard InChI is InChI=1S/C24H23ClF3NO5/c1-29-8-7-12(15(29)11-30)20-18(32-2)10-19(33-3)21-16(31)9-17(34-23(20)21)13-5-4-6-14(22(13)25)24(26,27)28/h4-6,9-10,12,15,30H,7-8,11H2,1-3H3. The Hall–Kier alpha value is -2.75. The van der Waals surface area contributed by atoms with Gasteiger partial charge in [-0.3, -0.25) is 4.79 Å². The topological polar surface area (TPSA) is 72.1 Å².